The maximum absolute atomic E-state index is 13.3. The highest BCUT2D eigenvalue weighted by molar-refractivity contribution is 8.03. The van der Waals surface area contributed by atoms with Crippen LogP contribution in [0.5, 0.6) is 0 Å². The predicted molar refractivity (Wildman–Crippen MR) is 119 cm³/mol. The van der Waals surface area contributed by atoms with E-state index in [1.165, 1.54) is 24.9 Å². The number of halogens is 2. The average molecular weight is 469 g/mol. The standard InChI is InChI=1S/C22H26ClFN2O4S/c1-29-22(28)16-3-5-18(6-4-16)31-14-21(27)25-11-17-13-26(8-9-30-17)12-15-2-7-20(24)19(23)10-15/h2-3,5-7,10,16-17H,4,8-9,11-14H2,1H3,(H,25,27)/t16?,17-/m0/s1. The van der Waals surface area contributed by atoms with Crippen molar-refractivity contribution in [3.05, 3.63) is 57.7 Å². The van der Waals surface area contributed by atoms with Gasteiger partial charge in [-0.1, -0.05) is 35.9 Å². The molecule has 1 unspecified atom stereocenters. The van der Waals surface area contributed by atoms with Crippen LogP contribution in [0.1, 0.15) is 12.0 Å². The Morgan fingerprint density at radius 3 is 2.97 bits per heavy atom. The number of rotatable bonds is 8. The second kappa shape index (κ2) is 11.7. The number of morpholine rings is 1. The van der Waals surface area contributed by atoms with Gasteiger partial charge in [0.1, 0.15) is 5.82 Å². The number of nitrogens with zero attached hydrogens (tertiary/aromatic N) is 1. The molecule has 1 aromatic rings. The first kappa shape index (κ1) is 23.8. The van der Waals surface area contributed by atoms with Gasteiger partial charge in [0, 0.05) is 31.1 Å². The molecule has 1 heterocycles. The molecule has 2 aliphatic rings. The number of amides is 1. The minimum atomic E-state index is -0.423. The van der Waals surface area contributed by atoms with Crippen LogP contribution in [0.3, 0.4) is 0 Å². The maximum Gasteiger partial charge on any atom is 0.312 e. The highest BCUT2D eigenvalue weighted by atomic mass is 35.5. The summed E-state index contributed by atoms with van der Waals surface area (Å²) in [6.07, 6.45) is 6.09. The molecule has 2 atom stereocenters. The molecule has 1 fully saturated rings. The topological polar surface area (TPSA) is 67.9 Å². The van der Waals surface area contributed by atoms with Crippen molar-refractivity contribution in [2.45, 2.75) is 19.1 Å². The molecule has 31 heavy (non-hydrogen) atoms. The molecule has 0 aromatic heterocycles. The summed E-state index contributed by atoms with van der Waals surface area (Å²) < 4.78 is 23.8. The van der Waals surface area contributed by atoms with Crippen LogP contribution in [0, 0.1) is 11.7 Å². The smallest absolute Gasteiger partial charge is 0.312 e. The summed E-state index contributed by atoms with van der Waals surface area (Å²) in [5.74, 6) is -0.697. The average Bonchev–Trinajstić information content (AvgIpc) is 2.79. The normalized spacial score (nSPS) is 21.5. The molecule has 1 amide bonds. The fourth-order valence-corrected chi connectivity index (χ4v) is 4.40. The molecule has 1 aromatic carbocycles. The van der Waals surface area contributed by atoms with Gasteiger partial charge in [0.25, 0.3) is 0 Å². The number of carbonyl (C=O) groups excluding carboxylic acids is 2. The van der Waals surface area contributed by atoms with Crippen molar-refractivity contribution in [1.29, 1.82) is 0 Å². The Morgan fingerprint density at radius 1 is 1.42 bits per heavy atom. The minimum Gasteiger partial charge on any atom is -0.469 e. The van der Waals surface area contributed by atoms with E-state index in [1.807, 2.05) is 18.2 Å². The summed E-state index contributed by atoms with van der Waals surface area (Å²) in [6.45, 7) is 3.09. The van der Waals surface area contributed by atoms with Gasteiger partial charge in [-0.25, -0.2) is 4.39 Å². The first-order chi connectivity index (χ1) is 14.9. The summed E-state index contributed by atoms with van der Waals surface area (Å²) in [4.78, 5) is 26.9. The lowest BCUT2D eigenvalue weighted by molar-refractivity contribution is -0.143. The van der Waals surface area contributed by atoms with Crippen molar-refractivity contribution in [2.75, 3.05) is 39.1 Å². The molecule has 9 heteroatoms. The van der Waals surface area contributed by atoms with Crippen molar-refractivity contribution in [3.8, 4) is 0 Å². The van der Waals surface area contributed by atoms with E-state index in [9.17, 15) is 14.0 Å². The van der Waals surface area contributed by atoms with Gasteiger partial charge in [-0.15, -0.1) is 11.8 Å². The van der Waals surface area contributed by atoms with E-state index in [0.29, 0.717) is 38.4 Å². The molecule has 0 bridgehead atoms. The Morgan fingerprint density at radius 2 is 2.26 bits per heavy atom. The van der Waals surface area contributed by atoms with E-state index in [4.69, 9.17) is 21.1 Å². The number of hydrogen-bond donors (Lipinski definition) is 1. The van der Waals surface area contributed by atoms with Crippen LogP contribution in [-0.4, -0.2) is 62.0 Å². The number of esters is 1. The summed E-state index contributed by atoms with van der Waals surface area (Å²) in [5.41, 5.74) is 0.940. The highest BCUT2D eigenvalue weighted by Gasteiger charge is 2.22. The Labute approximate surface area is 190 Å². The van der Waals surface area contributed by atoms with Crippen LogP contribution in [-0.2, 0) is 25.6 Å². The third-order valence-electron chi connectivity index (χ3n) is 5.08. The molecule has 6 nitrogen and oxygen atoms in total. The molecular weight excluding hydrogens is 443 g/mol. The molecule has 0 saturated carbocycles. The van der Waals surface area contributed by atoms with Crippen molar-refractivity contribution in [2.24, 2.45) is 5.92 Å². The van der Waals surface area contributed by atoms with Crippen LogP contribution in [0.4, 0.5) is 4.39 Å². The molecule has 0 spiro atoms. The Hall–Kier alpha value is -1.87. The van der Waals surface area contributed by atoms with Crippen LogP contribution < -0.4 is 5.32 Å². The summed E-state index contributed by atoms with van der Waals surface area (Å²) in [7, 11) is 1.38. The molecule has 0 radical (unpaired) electrons. The summed E-state index contributed by atoms with van der Waals surface area (Å²) in [5, 5.41) is 3.04. The number of benzene rings is 1. The predicted octanol–water partition coefficient (Wildman–Crippen LogP) is 3.16. The van der Waals surface area contributed by atoms with Crippen molar-refractivity contribution in [3.63, 3.8) is 0 Å². The summed E-state index contributed by atoms with van der Waals surface area (Å²) in [6, 6.07) is 4.74. The Kier molecular flexibility index (Phi) is 8.95. The largest absolute Gasteiger partial charge is 0.469 e. The first-order valence-corrected chi connectivity index (χ1v) is 11.4. The number of thioether (sulfide) groups is 1. The van der Waals surface area contributed by atoms with Gasteiger partial charge in [-0.2, -0.15) is 0 Å². The third-order valence-corrected chi connectivity index (χ3v) is 6.41. The van der Waals surface area contributed by atoms with Crippen molar-refractivity contribution >= 4 is 35.2 Å². The zero-order valence-corrected chi connectivity index (χ0v) is 18.9. The van der Waals surface area contributed by atoms with Gasteiger partial charge in [-0.3, -0.25) is 14.5 Å². The fraction of sp³-hybridized carbons (Fsp3) is 0.455. The zero-order chi connectivity index (χ0) is 22.2. The molecule has 168 valence electrons. The van der Waals surface area contributed by atoms with Crippen molar-refractivity contribution in [1.82, 2.24) is 10.2 Å². The molecule has 1 aliphatic carbocycles. The summed E-state index contributed by atoms with van der Waals surface area (Å²) >= 11 is 7.30. The monoisotopic (exact) mass is 468 g/mol. The van der Waals surface area contributed by atoms with Crippen LogP contribution in [0.15, 0.2) is 41.3 Å². The second-order valence-corrected chi connectivity index (χ2v) is 8.86. The maximum atomic E-state index is 13.3. The number of carbonyl (C=O) groups is 2. The number of methoxy groups -OCH3 is 1. The van der Waals surface area contributed by atoms with Crippen LogP contribution >= 0.6 is 23.4 Å². The lowest BCUT2D eigenvalue weighted by Gasteiger charge is -2.33. The Bertz CT molecular complexity index is 864. The van der Waals surface area contributed by atoms with Gasteiger partial charge in [0.2, 0.25) is 5.91 Å². The Balaban J connectivity index is 1.37. The minimum absolute atomic E-state index is 0.0690. The molecular formula is C22H26ClFN2O4S. The van der Waals surface area contributed by atoms with Gasteiger partial charge in [0.15, 0.2) is 0 Å². The SMILES string of the molecule is COC(=O)C1C=CC(SCC(=O)NC[C@H]2CN(Cc3ccc(F)c(Cl)c3)CCO2)=CC1. The van der Waals surface area contributed by atoms with Gasteiger partial charge >= 0.3 is 5.97 Å². The quantitative estimate of drug-likeness (QED) is 0.591. The second-order valence-electron chi connectivity index (χ2n) is 7.40. The molecule has 1 saturated heterocycles. The van der Waals surface area contributed by atoms with E-state index < -0.39 is 5.82 Å². The van der Waals surface area contributed by atoms with E-state index in [1.54, 1.807) is 12.1 Å². The number of allylic oxidation sites excluding steroid dienone is 2. The van der Waals surface area contributed by atoms with Gasteiger partial charge in [-0.05, 0) is 24.1 Å². The van der Waals surface area contributed by atoms with Gasteiger partial charge in [0.05, 0.1) is 36.5 Å². The molecule has 1 aliphatic heterocycles. The van der Waals surface area contributed by atoms with Crippen molar-refractivity contribution < 1.29 is 23.5 Å². The van der Waals surface area contributed by atoms with Crippen LogP contribution in [0.2, 0.25) is 5.02 Å². The number of hydrogen-bond acceptors (Lipinski definition) is 6. The third kappa shape index (κ3) is 7.35. The molecule has 3 rings (SSSR count). The van der Waals surface area contributed by atoms with Gasteiger partial charge < -0.3 is 14.8 Å². The first-order valence-electron chi connectivity index (χ1n) is 10.1. The number of nitrogens with one attached hydrogen (secondary N) is 1. The van der Waals surface area contributed by atoms with E-state index >= 15 is 0 Å². The lowest BCUT2D eigenvalue weighted by atomic mass is 10.0. The zero-order valence-electron chi connectivity index (χ0n) is 17.3. The van der Waals surface area contributed by atoms with E-state index in [-0.39, 0.29) is 28.9 Å². The number of ether oxygens (including phenoxy) is 2. The highest BCUT2D eigenvalue weighted by Crippen LogP contribution is 2.25. The molecule has 1 N–H and O–H groups in total. The lowest BCUT2D eigenvalue weighted by Crippen LogP contribution is -2.47. The van der Waals surface area contributed by atoms with E-state index in [0.717, 1.165) is 17.0 Å². The van der Waals surface area contributed by atoms with E-state index in [2.05, 4.69) is 10.2 Å². The van der Waals surface area contributed by atoms with Crippen LogP contribution in [0.25, 0.3) is 0 Å². The fourth-order valence-electron chi connectivity index (χ4n) is 3.41.